The Bertz CT molecular complexity index is 1490. The van der Waals surface area contributed by atoms with Gasteiger partial charge < -0.3 is 31.1 Å². The van der Waals surface area contributed by atoms with E-state index in [0.717, 1.165) is 5.56 Å². The highest BCUT2D eigenvalue weighted by molar-refractivity contribution is 6.11. The molecule has 39 heavy (non-hydrogen) atoms. The summed E-state index contributed by atoms with van der Waals surface area (Å²) < 4.78 is 19.5. The van der Waals surface area contributed by atoms with Crippen molar-refractivity contribution in [3.8, 4) is 11.5 Å². The molecule has 5 N–H and O–H groups in total. The van der Waals surface area contributed by atoms with E-state index in [9.17, 15) is 28.7 Å². The van der Waals surface area contributed by atoms with Crippen LogP contribution in [0.15, 0.2) is 54.6 Å². The van der Waals surface area contributed by atoms with Crippen LogP contribution in [0.25, 0.3) is 0 Å². The van der Waals surface area contributed by atoms with Crippen molar-refractivity contribution >= 4 is 29.2 Å². The number of methoxy groups -OCH3 is 1. The molecule has 3 amide bonds. The number of nitrogens with one attached hydrogen (secondary N) is 4. The van der Waals surface area contributed by atoms with Gasteiger partial charge in [-0.25, -0.2) is 4.39 Å². The number of fused-ring (bicyclic) bond motifs is 1. The summed E-state index contributed by atoms with van der Waals surface area (Å²) in [7, 11) is 1.25. The number of carbonyl (C=O) groups is 4. The molecule has 2 atom stereocenters. The summed E-state index contributed by atoms with van der Waals surface area (Å²) in [5.41, 5.74) is 1.69. The minimum atomic E-state index is -0.976. The normalized spacial score (nSPS) is 17.7. The molecule has 0 aromatic heterocycles. The predicted molar refractivity (Wildman–Crippen MR) is 139 cm³/mol. The molecule has 3 aromatic carbocycles. The van der Waals surface area contributed by atoms with Crippen LogP contribution < -0.4 is 26.0 Å². The first-order valence-electron chi connectivity index (χ1n) is 12.2. The van der Waals surface area contributed by atoms with Crippen molar-refractivity contribution in [1.82, 2.24) is 16.0 Å². The number of ether oxygens (including phenoxy) is 1. The van der Waals surface area contributed by atoms with Gasteiger partial charge in [-0.1, -0.05) is 12.1 Å². The lowest BCUT2D eigenvalue weighted by Crippen LogP contribution is -2.51. The Morgan fingerprint density at radius 2 is 1.54 bits per heavy atom. The molecular weight excluding hydrogens is 507 g/mol. The summed E-state index contributed by atoms with van der Waals surface area (Å²) in [5.74, 6) is -3.29. The molecule has 2 aliphatic rings. The highest BCUT2D eigenvalue weighted by Gasteiger charge is 2.31. The number of benzene rings is 3. The fourth-order valence-corrected chi connectivity index (χ4v) is 4.69. The molecule has 200 valence electrons. The Morgan fingerprint density at radius 3 is 2.21 bits per heavy atom. The zero-order valence-electron chi connectivity index (χ0n) is 20.8. The number of amides is 3. The second-order valence-corrected chi connectivity index (χ2v) is 9.30. The second kappa shape index (κ2) is 10.5. The third kappa shape index (κ3) is 5.16. The van der Waals surface area contributed by atoms with Crippen LogP contribution in [0, 0.1) is 5.82 Å². The number of halogens is 1. The average molecular weight is 533 g/mol. The van der Waals surface area contributed by atoms with Crippen molar-refractivity contribution in [1.29, 1.82) is 0 Å². The van der Waals surface area contributed by atoms with Crippen molar-refractivity contribution in [2.75, 3.05) is 25.5 Å². The van der Waals surface area contributed by atoms with Crippen LogP contribution >= 0.6 is 0 Å². The van der Waals surface area contributed by atoms with Crippen LogP contribution in [-0.4, -0.2) is 60.9 Å². The maximum Gasteiger partial charge on any atom is 0.251 e. The van der Waals surface area contributed by atoms with Gasteiger partial charge in [0.25, 0.3) is 11.8 Å². The molecule has 1 fully saturated rings. The monoisotopic (exact) mass is 532 g/mol. The van der Waals surface area contributed by atoms with Gasteiger partial charge in [0, 0.05) is 35.5 Å². The second-order valence-electron chi connectivity index (χ2n) is 9.30. The molecule has 5 rings (SSSR count). The van der Waals surface area contributed by atoms with E-state index in [1.54, 1.807) is 18.2 Å². The van der Waals surface area contributed by atoms with Crippen molar-refractivity contribution in [3.05, 3.63) is 88.2 Å². The molecule has 0 spiro atoms. The van der Waals surface area contributed by atoms with Crippen LogP contribution in [0.3, 0.4) is 0 Å². The SMILES string of the molecule is COc1ccc(O)c(C(=O)c2ccc(C(=O)N[C@@H]3CNC[C@H]3NC(=O)c3ccc4c(c3)CC(=O)N4)cc2)c1F. The summed E-state index contributed by atoms with van der Waals surface area (Å²) in [4.78, 5) is 50.2. The van der Waals surface area contributed by atoms with E-state index in [0.29, 0.717) is 24.3 Å². The Labute approximate surface area is 222 Å². The number of aromatic hydroxyl groups is 1. The van der Waals surface area contributed by atoms with E-state index in [-0.39, 0.29) is 41.2 Å². The zero-order valence-corrected chi connectivity index (χ0v) is 20.8. The van der Waals surface area contributed by atoms with E-state index < -0.39 is 34.9 Å². The van der Waals surface area contributed by atoms with Gasteiger partial charge >= 0.3 is 0 Å². The van der Waals surface area contributed by atoms with Gasteiger partial charge in [-0.05, 0) is 48.0 Å². The third-order valence-electron chi connectivity index (χ3n) is 6.78. The number of rotatable bonds is 7. The lowest BCUT2D eigenvalue weighted by Gasteiger charge is -2.21. The molecule has 3 aromatic rings. The van der Waals surface area contributed by atoms with E-state index in [1.165, 1.54) is 43.5 Å². The summed E-state index contributed by atoms with van der Waals surface area (Å²) in [5, 5.41) is 21.7. The molecule has 11 heteroatoms. The predicted octanol–water partition coefficient (Wildman–Crippen LogP) is 1.77. The van der Waals surface area contributed by atoms with Crippen molar-refractivity contribution < 1.29 is 33.4 Å². The first-order valence-corrected chi connectivity index (χ1v) is 12.2. The summed E-state index contributed by atoms with van der Waals surface area (Å²) in [6, 6.07) is 12.2. The maximum atomic E-state index is 14.6. The smallest absolute Gasteiger partial charge is 0.251 e. The molecule has 10 nitrogen and oxygen atoms in total. The van der Waals surface area contributed by atoms with Crippen molar-refractivity contribution in [2.24, 2.45) is 0 Å². The fraction of sp³-hybridized carbons (Fsp3) is 0.214. The van der Waals surface area contributed by atoms with Crippen LogP contribution in [0.5, 0.6) is 11.5 Å². The van der Waals surface area contributed by atoms with Gasteiger partial charge in [-0.3, -0.25) is 19.2 Å². The van der Waals surface area contributed by atoms with Crippen LogP contribution in [0.4, 0.5) is 10.1 Å². The number of phenolic OH excluding ortho intramolecular Hbond substituents is 1. The topological polar surface area (TPSA) is 146 Å². The van der Waals surface area contributed by atoms with E-state index in [4.69, 9.17) is 4.74 Å². The standard InChI is InChI=1S/C28H25FN4O6/c1-39-22-9-8-21(34)24(25(22)29)26(36)14-2-4-15(5-3-14)27(37)32-19-12-30-13-20(19)33-28(38)16-6-7-18-17(10-16)11-23(35)31-18/h2-10,19-20,30,34H,11-13H2,1H3,(H,31,35)(H,32,37)(H,33,38)/t19-,20-/m1/s1. The zero-order chi connectivity index (χ0) is 27.7. The number of anilines is 1. The Kier molecular flexibility index (Phi) is 6.99. The largest absolute Gasteiger partial charge is 0.507 e. The molecule has 0 unspecified atom stereocenters. The van der Waals surface area contributed by atoms with Gasteiger partial charge in [0.15, 0.2) is 17.3 Å². The first-order chi connectivity index (χ1) is 18.7. The Morgan fingerprint density at radius 1 is 0.923 bits per heavy atom. The number of ketones is 1. The van der Waals surface area contributed by atoms with Gasteiger partial charge in [0.1, 0.15) is 11.3 Å². The van der Waals surface area contributed by atoms with Crippen LogP contribution in [0.1, 0.15) is 42.2 Å². The highest BCUT2D eigenvalue weighted by Crippen LogP contribution is 2.30. The highest BCUT2D eigenvalue weighted by atomic mass is 19.1. The van der Waals surface area contributed by atoms with Crippen LogP contribution in [-0.2, 0) is 11.2 Å². The van der Waals surface area contributed by atoms with Gasteiger partial charge in [0.2, 0.25) is 5.91 Å². The number of phenols is 1. The first kappa shape index (κ1) is 25.9. The van der Waals surface area contributed by atoms with E-state index in [2.05, 4.69) is 21.3 Å². The Hall–Kier alpha value is -4.77. The Balaban J connectivity index is 1.23. The molecule has 0 aliphatic carbocycles. The van der Waals surface area contributed by atoms with Crippen molar-refractivity contribution in [2.45, 2.75) is 18.5 Å². The summed E-state index contributed by atoms with van der Waals surface area (Å²) in [6.07, 6.45) is 0.222. The van der Waals surface area contributed by atoms with Gasteiger partial charge in [-0.2, -0.15) is 0 Å². The summed E-state index contributed by atoms with van der Waals surface area (Å²) >= 11 is 0. The summed E-state index contributed by atoms with van der Waals surface area (Å²) in [6.45, 7) is 0.884. The third-order valence-corrected chi connectivity index (χ3v) is 6.78. The van der Waals surface area contributed by atoms with Crippen LogP contribution in [0.2, 0.25) is 0 Å². The molecule has 1 saturated heterocycles. The maximum absolute atomic E-state index is 14.6. The molecule has 0 saturated carbocycles. The lowest BCUT2D eigenvalue weighted by molar-refractivity contribution is -0.115. The molecule has 0 radical (unpaired) electrons. The average Bonchev–Trinajstić information content (AvgIpc) is 3.52. The molecule has 2 aliphatic heterocycles. The number of carbonyl (C=O) groups excluding carboxylic acids is 4. The quantitative estimate of drug-likeness (QED) is 0.292. The van der Waals surface area contributed by atoms with Gasteiger partial charge in [-0.15, -0.1) is 0 Å². The number of hydrogen-bond acceptors (Lipinski definition) is 7. The lowest BCUT2D eigenvalue weighted by atomic mass is 10.00. The van der Waals surface area contributed by atoms with E-state index >= 15 is 0 Å². The number of hydrogen-bond donors (Lipinski definition) is 5. The minimum Gasteiger partial charge on any atom is -0.507 e. The molecule has 2 heterocycles. The minimum absolute atomic E-state index is 0.0768. The molecular formula is C28H25FN4O6. The van der Waals surface area contributed by atoms with E-state index in [1.807, 2.05) is 0 Å². The van der Waals surface area contributed by atoms with Gasteiger partial charge in [0.05, 0.1) is 25.6 Å². The molecule has 0 bridgehead atoms. The fourth-order valence-electron chi connectivity index (χ4n) is 4.69. The van der Waals surface area contributed by atoms with Crippen molar-refractivity contribution in [3.63, 3.8) is 0 Å².